The lowest BCUT2D eigenvalue weighted by Gasteiger charge is -2.18. The lowest BCUT2D eigenvalue weighted by Crippen LogP contribution is -2.44. The Kier molecular flexibility index (Phi) is 13.7. The average molecular weight is 462 g/mol. The van der Waals surface area contributed by atoms with Crippen LogP contribution in [-0.4, -0.2) is 58.0 Å². The van der Waals surface area contributed by atoms with Gasteiger partial charge in [0.05, 0.1) is 5.75 Å². The normalized spacial score (nSPS) is 14.4. The number of nitrogens with one attached hydrogen (secondary N) is 3. The van der Waals surface area contributed by atoms with Crippen LogP contribution in [-0.2, 0) is 14.6 Å². The standard InChI is InChI=1S/C14H30N4O3S.HI/c1-6-11(2)17-13(19)7-9-16-14(15-4)18-12(3)8-10-22(5,20)21;/h11-12H,6-10H2,1-5H3,(H,17,19)(H2,15,16,18);1H. The first-order chi connectivity index (χ1) is 10.2. The molecule has 0 fully saturated rings. The lowest BCUT2D eigenvalue weighted by atomic mass is 10.2. The second kappa shape index (κ2) is 12.8. The summed E-state index contributed by atoms with van der Waals surface area (Å²) in [7, 11) is -1.32. The molecule has 0 rings (SSSR count). The zero-order valence-corrected chi connectivity index (χ0v) is 17.8. The molecule has 0 aromatic heterocycles. The van der Waals surface area contributed by atoms with E-state index >= 15 is 0 Å². The van der Waals surface area contributed by atoms with Gasteiger partial charge in [0.25, 0.3) is 0 Å². The monoisotopic (exact) mass is 462 g/mol. The summed E-state index contributed by atoms with van der Waals surface area (Å²) < 4.78 is 22.3. The molecule has 0 saturated carbocycles. The van der Waals surface area contributed by atoms with Gasteiger partial charge in [-0.1, -0.05) is 6.92 Å². The van der Waals surface area contributed by atoms with Gasteiger partial charge < -0.3 is 16.0 Å². The van der Waals surface area contributed by atoms with Gasteiger partial charge in [-0.25, -0.2) is 8.42 Å². The van der Waals surface area contributed by atoms with E-state index in [0.717, 1.165) is 6.42 Å². The van der Waals surface area contributed by atoms with Gasteiger partial charge in [-0.2, -0.15) is 0 Å². The van der Waals surface area contributed by atoms with E-state index in [1.54, 1.807) is 7.05 Å². The van der Waals surface area contributed by atoms with Crippen LogP contribution in [0.25, 0.3) is 0 Å². The molecule has 0 saturated heterocycles. The summed E-state index contributed by atoms with van der Waals surface area (Å²) in [5.41, 5.74) is 0. The lowest BCUT2D eigenvalue weighted by molar-refractivity contribution is -0.121. The SMILES string of the molecule is CCC(C)NC(=O)CCNC(=NC)NC(C)CCS(C)(=O)=O.I. The van der Waals surface area contributed by atoms with Crippen LogP contribution in [0.3, 0.4) is 0 Å². The van der Waals surface area contributed by atoms with Gasteiger partial charge in [0.15, 0.2) is 5.96 Å². The minimum atomic E-state index is -2.96. The minimum absolute atomic E-state index is 0. The number of halogens is 1. The number of hydrogen-bond donors (Lipinski definition) is 3. The molecule has 23 heavy (non-hydrogen) atoms. The summed E-state index contributed by atoms with van der Waals surface area (Å²) in [4.78, 5) is 15.7. The van der Waals surface area contributed by atoms with Crippen molar-refractivity contribution in [2.45, 2.75) is 52.1 Å². The summed E-state index contributed by atoms with van der Waals surface area (Å²) in [6.45, 7) is 6.36. The third kappa shape index (κ3) is 14.7. The molecular formula is C14H31IN4O3S. The topological polar surface area (TPSA) is 99.7 Å². The molecule has 2 atom stereocenters. The molecule has 0 aliphatic carbocycles. The molecule has 9 heteroatoms. The second-order valence-electron chi connectivity index (χ2n) is 5.59. The highest BCUT2D eigenvalue weighted by atomic mass is 127. The van der Waals surface area contributed by atoms with E-state index in [-0.39, 0.29) is 47.7 Å². The van der Waals surface area contributed by atoms with Crippen LogP contribution in [0, 0.1) is 0 Å². The highest BCUT2D eigenvalue weighted by Gasteiger charge is 2.10. The van der Waals surface area contributed by atoms with Gasteiger partial charge in [-0.05, 0) is 26.7 Å². The van der Waals surface area contributed by atoms with Crippen molar-refractivity contribution in [3.8, 4) is 0 Å². The molecule has 0 aromatic rings. The molecule has 7 nitrogen and oxygen atoms in total. The maximum Gasteiger partial charge on any atom is 0.221 e. The molecule has 0 aliphatic rings. The van der Waals surface area contributed by atoms with Crippen molar-refractivity contribution in [3.63, 3.8) is 0 Å². The molecule has 0 heterocycles. The Balaban J connectivity index is 0. The predicted octanol–water partition coefficient (Wildman–Crippen LogP) is 0.897. The number of sulfone groups is 1. The van der Waals surface area contributed by atoms with E-state index in [9.17, 15) is 13.2 Å². The maximum absolute atomic E-state index is 11.6. The Bertz CT molecular complexity index is 469. The van der Waals surface area contributed by atoms with Crippen LogP contribution in [0.15, 0.2) is 4.99 Å². The highest BCUT2D eigenvalue weighted by molar-refractivity contribution is 14.0. The van der Waals surface area contributed by atoms with Crippen molar-refractivity contribution < 1.29 is 13.2 Å². The van der Waals surface area contributed by atoms with Crippen LogP contribution < -0.4 is 16.0 Å². The molecule has 0 spiro atoms. The Hall–Kier alpha value is -0.580. The molecule has 1 amide bonds. The number of amides is 1. The maximum atomic E-state index is 11.6. The van der Waals surface area contributed by atoms with E-state index < -0.39 is 9.84 Å². The van der Waals surface area contributed by atoms with Crippen molar-refractivity contribution in [1.82, 2.24) is 16.0 Å². The Morgan fingerprint density at radius 2 is 1.78 bits per heavy atom. The number of nitrogens with zero attached hydrogens (tertiary/aromatic N) is 1. The van der Waals surface area contributed by atoms with Crippen molar-refractivity contribution in [1.29, 1.82) is 0 Å². The van der Waals surface area contributed by atoms with Gasteiger partial charge in [-0.3, -0.25) is 9.79 Å². The van der Waals surface area contributed by atoms with E-state index in [2.05, 4.69) is 20.9 Å². The van der Waals surface area contributed by atoms with E-state index in [1.807, 2.05) is 20.8 Å². The van der Waals surface area contributed by atoms with E-state index in [1.165, 1.54) is 6.26 Å². The first-order valence-electron chi connectivity index (χ1n) is 7.62. The number of aliphatic imine (C=N–C) groups is 1. The molecule has 0 radical (unpaired) electrons. The van der Waals surface area contributed by atoms with Crippen molar-refractivity contribution in [2.75, 3.05) is 25.6 Å². The van der Waals surface area contributed by atoms with Crippen LogP contribution in [0.1, 0.15) is 40.0 Å². The molecule has 138 valence electrons. The molecule has 0 bridgehead atoms. The number of carbonyl (C=O) groups excluding carboxylic acids is 1. The molecule has 0 aromatic carbocycles. The third-order valence-corrected chi connectivity index (χ3v) is 4.17. The fourth-order valence-electron chi connectivity index (χ4n) is 1.63. The zero-order valence-electron chi connectivity index (χ0n) is 14.7. The fraction of sp³-hybridized carbons (Fsp3) is 0.857. The summed E-state index contributed by atoms with van der Waals surface area (Å²) in [5.74, 6) is 0.704. The molecular weight excluding hydrogens is 431 g/mol. The number of guanidine groups is 1. The summed E-state index contributed by atoms with van der Waals surface area (Å²) >= 11 is 0. The minimum Gasteiger partial charge on any atom is -0.356 e. The highest BCUT2D eigenvalue weighted by Crippen LogP contribution is 1.95. The van der Waals surface area contributed by atoms with Gasteiger partial charge in [0.1, 0.15) is 9.84 Å². The van der Waals surface area contributed by atoms with Crippen molar-refractivity contribution in [2.24, 2.45) is 4.99 Å². The number of rotatable bonds is 9. The smallest absolute Gasteiger partial charge is 0.221 e. The van der Waals surface area contributed by atoms with Gasteiger partial charge >= 0.3 is 0 Å². The third-order valence-electron chi connectivity index (χ3n) is 3.19. The van der Waals surface area contributed by atoms with Gasteiger partial charge in [-0.15, -0.1) is 24.0 Å². The largest absolute Gasteiger partial charge is 0.356 e. The summed E-state index contributed by atoms with van der Waals surface area (Å²) in [6.07, 6.45) is 3.00. The Morgan fingerprint density at radius 3 is 2.26 bits per heavy atom. The Morgan fingerprint density at radius 1 is 1.17 bits per heavy atom. The van der Waals surface area contributed by atoms with E-state index in [4.69, 9.17) is 0 Å². The van der Waals surface area contributed by atoms with Crippen molar-refractivity contribution >= 4 is 45.7 Å². The molecule has 0 aliphatic heterocycles. The number of hydrogen-bond acceptors (Lipinski definition) is 4. The molecule has 2 unspecified atom stereocenters. The van der Waals surface area contributed by atoms with Gasteiger partial charge in [0, 0.05) is 38.4 Å². The predicted molar refractivity (Wildman–Crippen MR) is 106 cm³/mol. The first kappa shape index (κ1) is 24.7. The number of carbonyl (C=O) groups is 1. The van der Waals surface area contributed by atoms with E-state index in [0.29, 0.717) is 25.3 Å². The zero-order chi connectivity index (χ0) is 17.2. The average Bonchev–Trinajstić information content (AvgIpc) is 2.43. The van der Waals surface area contributed by atoms with Crippen LogP contribution in [0.5, 0.6) is 0 Å². The second-order valence-corrected chi connectivity index (χ2v) is 7.85. The van der Waals surface area contributed by atoms with Crippen LogP contribution >= 0.6 is 24.0 Å². The van der Waals surface area contributed by atoms with Gasteiger partial charge in [0.2, 0.25) is 5.91 Å². The van der Waals surface area contributed by atoms with Crippen LogP contribution in [0.2, 0.25) is 0 Å². The quantitative estimate of drug-likeness (QED) is 0.269. The van der Waals surface area contributed by atoms with Crippen molar-refractivity contribution in [3.05, 3.63) is 0 Å². The summed E-state index contributed by atoms with van der Waals surface area (Å²) in [5, 5.41) is 9.05. The van der Waals surface area contributed by atoms with Crippen LogP contribution in [0.4, 0.5) is 0 Å². The summed E-state index contributed by atoms with van der Waals surface area (Å²) in [6, 6.07) is 0.163. The Labute approximate surface area is 157 Å². The first-order valence-corrected chi connectivity index (χ1v) is 9.68. The molecule has 3 N–H and O–H groups in total. The fourth-order valence-corrected chi connectivity index (χ4v) is 2.42.